The van der Waals surface area contributed by atoms with E-state index in [1.54, 1.807) is 83.1 Å². The van der Waals surface area contributed by atoms with Gasteiger partial charge in [0.15, 0.2) is 5.96 Å². The fraction of sp³-hybridized carbons (Fsp3) is 0.549. The van der Waals surface area contributed by atoms with Gasteiger partial charge in [-0.1, -0.05) is 109 Å². The molecule has 10 atom stereocenters. The standard InChI is InChI=1S/C51H79N13O12/c1-8-29(6)40(44(53)70)62-45(71)33(20-15-21-56-51(54)55)59-46(72)34(22-27(2)3)60-50(76)42(43(69)28(4)5)64-49(75)39(52)41(32-18-13-10-14-19-32)63-48(74)36(26-65)61-47(73)35(24-31-16-11-9-12-17-31)58-38(68)25-57-37(67)23-30(7)66/h9-14,16-19,27-29,33-36,39-43,65,69H,8,15,20-26,52H2,1-7H3,(H2,53,70)(H,57,67)(H,58,68)(H,59,72)(H,60,76)(H,61,73)(H,62,71)(H,63,74)(H,64,75)(H4,54,55,56)/t29-,33+,34-,35-,36-,39-,40-,41+,42-,43+/m0/s1. The van der Waals surface area contributed by atoms with Crippen LogP contribution >= 0.6 is 0 Å². The Bertz CT molecular complexity index is 2300. The van der Waals surface area contributed by atoms with E-state index in [-0.39, 0.29) is 55.6 Å². The summed E-state index contributed by atoms with van der Waals surface area (Å²) in [6.45, 7) is 9.95. The van der Waals surface area contributed by atoms with E-state index in [4.69, 9.17) is 22.9 Å². The second-order valence-electron chi connectivity index (χ2n) is 19.3. The third kappa shape index (κ3) is 22.5. The van der Waals surface area contributed by atoms with Crippen molar-refractivity contribution < 1.29 is 58.2 Å². The number of benzene rings is 2. The van der Waals surface area contributed by atoms with Gasteiger partial charge in [-0.3, -0.25) is 52.9 Å². The highest BCUT2D eigenvalue weighted by molar-refractivity contribution is 5.99. The number of hydrogen-bond acceptors (Lipinski definition) is 14. The molecule has 9 amide bonds. The number of ketones is 1. The first-order valence-corrected chi connectivity index (χ1v) is 25.2. The third-order valence-electron chi connectivity index (χ3n) is 12.1. The normalized spacial score (nSPS) is 15.1. The van der Waals surface area contributed by atoms with Crippen LogP contribution in [0.25, 0.3) is 0 Å². The first-order chi connectivity index (χ1) is 35.8. The van der Waals surface area contributed by atoms with Crippen LogP contribution in [0.1, 0.15) is 97.7 Å². The van der Waals surface area contributed by atoms with E-state index >= 15 is 0 Å². The van der Waals surface area contributed by atoms with Crippen molar-refractivity contribution in [2.75, 3.05) is 19.7 Å². The van der Waals surface area contributed by atoms with Gasteiger partial charge < -0.3 is 75.7 Å². The SMILES string of the molecule is CC[C@H](C)[C@H](NC(=O)[C@@H](CCCN=C(N)N)NC(=O)[C@H](CC(C)C)NC(=O)[C@@H](NC(=O)[C@@H](N)[C@H](NC(=O)[C@H](CO)NC(=O)[C@H](Cc1ccccc1)NC(=O)CNC(=O)CC(C)=O)c1ccccc1)[C@H](O)C(C)C)C(N)=O. The molecule has 0 unspecified atom stereocenters. The Morgan fingerprint density at radius 2 is 1.17 bits per heavy atom. The van der Waals surface area contributed by atoms with E-state index in [1.165, 1.54) is 19.1 Å². The Balaban J connectivity index is 2.44. The molecule has 25 nitrogen and oxygen atoms in total. The molecule has 2 rings (SSSR count). The molecular formula is C51H79N13O12. The molecule has 0 fully saturated rings. The number of rotatable bonds is 33. The van der Waals surface area contributed by atoms with Crippen LogP contribution in [-0.4, -0.2) is 143 Å². The lowest BCUT2D eigenvalue weighted by Crippen LogP contribution is -2.63. The highest BCUT2D eigenvalue weighted by atomic mass is 16.3. The minimum absolute atomic E-state index is 0.00435. The van der Waals surface area contributed by atoms with Gasteiger partial charge >= 0.3 is 0 Å². The van der Waals surface area contributed by atoms with Crippen LogP contribution in [0, 0.1) is 17.8 Å². The fourth-order valence-electron chi connectivity index (χ4n) is 7.62. The van der Waals surface area contributed by atoms with Crippen molar-refractivity contribution in [3.05, 3.63) is 71.8 Å². The van der Waals surface area contributed by atoms with E-state index in [2.05, 4.69) is 47.5 Å². The molecule has 0 radical (unpaired) electrons. The van der Waals surface area contributed by atoms with E-state index in [1.807, 2.05) is 6.92 Å². The first-order valence-electron chi connectivity index (χ1n) is 25.2. The number of carbonyl (C=O) groups is 10. The lowest BCUT2D eigenvalue weighted by Gasteiger charge is -2.32. The van der Waals surface area contributed by atoms with E-state index < -0.39 is 139 Å². The monoisotopic (exact) mass is 1070 g/mol. The smallest absolute Gasteiger partial charge is 0.245 e. The van der Waals surface area contributed by atoms with Crippen LogP contribution in [0.2, 0.25) is 0 Å². The van der Waals surface area contributed by atoms with Gasteiger partial charge in [-0.15, -0.1) is 0 Å². The number of Topliss-reactive ketones (excluding diaryl/α,β-unsaturated/α-hetero) is 1. The first kappa shape index (κ1) is 64.6. The Labute approximate surface area is 443 Å². The number of nitrogens with zero attached hydrogens (tertiary/aromatic N) is 1. The number of aliphatic hydroxyl groups excluding tert-OH is 2. The zero-order valence-corrected chi connectivity index (χ0v) is 44.3. The number of amides is 9. The molecule has 0 saturated heterocycles. The Hall–Kier alpha value is -7.51. The molecule has 0 saturated carbocycles. The predicted octanol–water partition coefficient (Wildman–Crippen LogP) is -2.94. The number of carbonyl (C=O) groups excluding carboxylic acids is 10. The topological polar surface area (TPSA) is 424 Å². The van der Waals surface area contributed by atoms with Crippen molar-refractivity contribution in [2.24, 2.45) is 45.7 Å². The van der Waals surface area contributed by atoms with E-state index in [0.29, 0.717) is 12.0 Å². The number of primary amides is 1. The maximum atomic E-state index is 14.3. The Morgan fingerprint density at radius 1 is 0.632 bits per heavy atom. The third-order valence-corrected chi connectivity index (χ3v) is 12.1. The highest BCUT2D eigenvalue weighted by Crippen LogP contribution is 2.18. The van der Waals surface area contributed by atoms with Crippen LogP contribution in [0.4, 0.5) is 0 Å². The van der Waals surface area contributed by atoms with Crippen molar-refractivity contribution in [3.8, 4) is 0 Å². The second-order valence-corrected chi connectivity index (χ2v) is 19.3. The molecule has 0 bridgehead atoms. The second kappa shape index (κ2) is 32.7. The molecule has 0 aliphatic carbocycles. The summed E-state index contributed by atoms with van der Waals surface area (Å²) in [6, 6.07) is 4.73. The van der Waals surface area contributed by atoms with Crippen molar-refractivity contribution in [1.82, 2.24) is 42.5 Å². The molecule has 0 heterocycles. The molecule has 2 aromatic carbocycles. The predicted molar refractivity (Wildman–Crippen MR) is 281 cm³/mol. The van der Waals surface area contributed by atoms with Gasteiger partial charge in [0.2, 0.25) is 53.2 Å². The van der Waals surface area contributed by atoms with Gasteiger partial charge in [0.25, 0.3) is 0 Å². The Kier molecular flexibility index (Phi) is 27.8. The quantitative estimate of drug-likeness (QED) is 0.0147. The van der Waals surface area contributed by atoms with E-state index in [9.17, 15) is 58.2 Å². The molecule has 2 aromatic rings. The number of aliphatic imine (C=N–C) groups is 1. The molecule has 0 aliphatic heterocycles. The summed E-state index contributed by atoms with van der Waals surface area (Å²) in [4.78, 5) is 137. The lowest BCUT2D eigenvalue weighted by atomic mass is 9.95. The summed E-state index contributed by atoms with van der Waals surface area (Å²) >= 11 is 0. The van der Waals surface area contributed by atoms with Crippen LogP contribution in [0.15, 0.2) is 65.7 Å². The average Bonchev–Trinajstić information content (AvgIpc) is 3.36. The van der Waals surface area contributed by atoms with Gasteiger partial charge in [-0.05, 0) is 55.1 Å². The fourth-order valence-corrected chi connectivity index (χ4v) is 7.62. The minimum Gasteiger partial charge on any atom is -0.394 e. The summed E-state index contributed by atoms with van der Waals surface area (Å²) < 4.78 is 0. The number of nitrogens with one attached hydrogen (secondary N) is 8. The largest absolute Gasteiger partial charge is 0.394 e. The maximum absolute atomic E-state index is 14.3. The van der Waals surface area contributed by atoms with Crippen LogP contribution in [0.3, 0.4) is 0 Å². The van der Waals surface area contributed by atoms with Gasteiger partial charge in [0, 0.05) is 13.0 Å². The molecule has 76 heavy (non-hydrogen) atoms. The molecule has 25 heteroatoms. The summed E-state index contributed by atoms with van der Waals surface area (Å²) in [5, 5.41) is 42.0. The van der Waals surface area contributed by atoms with Crippen LogP contribution in [-0.2, 0) is 54.4 Å². The molecule has 0 spiro atoms. The van der Waals surface area contributed by atoms with Gasteiger partial charge in [0.1, 0.15) is 48.1 Å². The zero-order chi connectivity index (χ0) is 57.2. The average molecular weight is 1070 g/mol. The molecular weight excluding hydrogens is 987 g/mol. The van der Waals surface area contributed by atoms with Crippen molar-refractivity contribution in [3.63, 3.8) is 0 Å². The molecule has 0 aliphatic rings. The lowest BCUT2D eigenvalue weighted by molar-refractivity contribution is -0.137. The zero-order valence-electron chi connectivity index (χ0n) is 44.3. The van der Waals surface area contributed by atoms with Gasteiger partial charge in [-0.2, -0.15) is 0 Å². The van der Waals surface area contributed by atoms with E-state index in [0.717, 1.165) is 0 Å². The van der Waals surface area contributed by atoms with Crippen molar-refractivity contribution >= 4 is 64.9 Å². The maximum Gasteiger partial charge on any atom is 0.245 e. The molecule has 18 N–H and O–H groups in total. The molecule has 420 valence electrons. The van der Waals surface area contributed by atoms with Crippen molar-refractivity contribution in [1.29, 1.82) is 0 Å². The summed E-state index contributed by atoms with van der Waals surface area (Å²) in [7, 11) is 0. The Morgan fingerprint density at radius 3 is 1.71 bits per heavy atom. The van der Waals surface area contributed by atoms with Crippen molar-refractivity contribution in [2.45, 2.75) is 141 Å². The summed E-state index contributed by atoms with van der Waals surface area (Å²) in [6.07, 6.45) is -1.43. The minimum atomic E-state index is -1.76. The summed E-state index contributed by atoms with van der Waals surface area (Å²) in [5.74, 6) is -9.75. The van der Waals surface area contributed by atoms with Gasteiger partial charge in [0.05, 0.1) is 31.7 Å². The number of nitrogens with two attached hydrogens (primary N) is 4. The van der Waals surface area contributed by atoms with Crippen LogP contribution < -0.4 is 65.5 Å². The van der Waals surface area contributed by atoms with Gasteiger partial charge in [-0.25, -0.2) is 0 Å². The highest BCUT2D eigenvalue weighted by Gasteiger charge is 2.39. The summed E-state index contributed by atoms with van der Waals surface area (Å²) in [5.41, 5.74) is 24.0. The number of guanidine groups is 1. The number of hydrogen-bond donors (Lipinski definition) is 14. The molecule has 0 aromatic heterocycles. The van der Waals surface area contributed by atoms with Crippen LogP contribution in [0.5, 0.6) is 0 Å². The number of aliphatic hydroxyl groups is 2.